The third-order valence-corrected chi connectivity index (χ3v) is 4.07. The van der Waals surface area contributed by atoms with E-state index in [-0.39, 0.29) is 22.8 Å². The van der Waals surface area contributed by atoms with Crippen molar-refractivity contribution < 1.29 is 14.3 Å². The zero-order valence-corrected chi connectivity index (χ0v) is 17.9. The zero-order chi connectivity index (χ0) is 21.4. The third-order valence-electron chi connectivity index (χ3n) is 3.86. The van der Waals surface area contributed by atoms with Crippen LogP contribution in [-0.4, -0.2) is 23.5 Å². The van der Waals surface area contributed by atoms with Gasteiger partial charge in [-0.15, -0.1) is 0 Å². The summed E-state index contributed by atoms with van der Waals surface area (Å²) in [6, 6.07) is 14.0. The summed E-state index contributed by atoms with van der Waals surface area (Å²) < 4.78 is 5.61. The lowest BCUT2D eigenvalue weighted by Gasteiger charge is -2.12. The fourth-order valence-electron chi connectivity index (χ4n) is 2.23. The smallest absolute Gasteiger partial charge is 0.257 e. The number of hydrogen-bond acceptors (Lipinski definition) is 4. The van der Waals surface area contributed by atoms with E-state index < -0.39 is 0 Å². The Morgan fingerprint density at radius 3 is 1.97 bits per heavy atom. The SMILES string of the molecule is CC(C)COc1ccc(C(=O)NC(=S)Nc2ccc(NC(=O)C(C)C)cc2)cc1. The number of thiocarbonyl (C=S) groups is 1. The van der Waals surface area contributed by atoms with Crippen molar-refractivity contribution in [2.75, 3.05) is 17.2 Å². The van der Waals surface area contributed by atoms with E-state index in [0.717, 1.165) is 5.75 Å². The van der Waals surface area contributed by atoms with Gasteiger partial charge in [0.05, 0.1) is 6.61 Å². The Morgan fingerprint density at radius 2 is 1.45 bits per heavy atom. The van der Waals surface area contributed by atoms with E-state index in [1.807, 2.05) is 13.8 Å². The van der Waals surface area contributed by atoms with Gasteiger partial charge >= 0.3 is 0 Å². The molecule has 0 unspecified atom stereocenters. The molecule has 0 aliphatic heterocycles. The number of benzene rings is 2. The minimum atomic E-state index is -0.307. The summed E-state index contributed by atoms with van der Waals surface area (Å²) >= 11 is 5.21. The van der Waals surface area contributed by atoms with Gasteiger partial charge < -0.3 is 15.4 Å². The first-order chi connectivity index (χ1) is 13.7. The van der Waals surface area contributed by atoms with Crippen LogP contribution in [0.4, 0.5) is 11.4 Å². The van der Waals surface area contributed by atoms with Crippen LogP contribution in [0.25, 0.3) is 0 Å². The molecule has 2 amide bonds. The Bertz CT molecular complexity index is 847. The molecule has 6 nitrogen and oxygen atoms in total. The zero-order valence-electron chi connectivity index (χ0n) is 17.1. The molecule has 0 atom stereocenters. The van der Waals surface area contributed by atoms with E-state index in [1.54, 1.807) is 48.5 Å². The van der Waals surface area contributed by atoms with E-state index >= 15 is 0 Å². The van der Waals surface area contributed by atoms with Crippen LogP contribution in [0.3, 0.4) is 0 Å². The Morgan fingerprint density at radius 1 is 0.897 bits per heavy atom. The Hall–Kier alpha value is -2.93. The molecule has 0 bridgehead atoms. The molecular weight excluding hydrogens is 386 g/mol. The van der Waals surface area contributed by atoms with Gasteiger partial charge in [-0.3, -0.25) is 14.9 Å². The Labute approximate surface area is 177 Å². The number of ether oxygens (including phenoxy) is 1. The maximum atomic E-state index is 12.3. The van der Waals surface area contributed by atoms with Crippen molar-refractivity contribution in [2.45, 2.75) is 27.7 Å². The number of rotatable bonds is 7. The molecule has 154 valence electrons. The van der Waals surface area contributed by atoms with Gasteiger partial charge in [0.25, 0.3) is 5.91 Å². The van der Waals surface area contributed by atoms with Crippen LogP contribution in [0.2, 0.25) is 0 Å². The lowest BCUT2D eigenvalue weighted by molar-refractivity contribution is -0.118. The highest BCUT2D eigenvalue weighted by molar-refractivity contribution is 7.80. The van der Waals surface area contributed by atoms with E-state index in [9.17, 15) is 9.59 Å². The predicted octanol–water partition coefficient (Wildman–Crippen LogP) is 4.44. The molecule has 0 aliphatic rings. The molecule has 2 rings (SSSR count). The molecule has 0 saturated carbocycles. The van der Waals surface area contributed by atoms with Crippen molar-refractivity contribution in [3.8, 4) is 5.75 Å². The summed E-state index contributed by atoms with van der Waals surface area (Å²) in [7, 11) is 0. The summed E-state index contributed by atoms with van der Waals surface area (Å²) in [4.78, 5) is 24.1. The lowest BCUT2D eigenvalue weighted by atomic mass is 10.2. The second-order valence-corrected chi connectivity index (χ2v) is 7.77. The highest BCUT2D eigenvalue weighted by Crippen LogP contribution is 2.15. The first-order valence-corrected chi connectivity index (χ1v) is 9.91. The van der Waals surface area contributed by atoms with Gasteiger partial charge in [-0.05, 0) is 66.7 Å². The number of carbonyl (C=O) groups excluding carboxylic acids is 2. The quantitative estimate of drug-likeness (QED) is 0.585. The first-order valence-electron chi connectivity index (χ1n) is 9.50. The van der Waals surface area contributed by atoms with E-state index in [0.29, 0.717) is 29.5 Å². The average molecular weight is 414 g/mol. The van der Waals surface area contributed by atoms with E-state index in [2.05, 4.69) is 29.8 Å². The maximum Gasteiger partial charge on any atom is 0.257 e. The number of anilines is 2. The van der Waals surface area contributed by atoms with Crippen LogP contribution in [0, 0.1) is 11.8 Å². The highest BCUT2D eigenvalue weighted by atomic mass is 32.1. The molecule has 0 aromatic heterocycles. The molecule has 0 heterocycles. The molecule has 7 heteroatoms. The number of carbonyl (C=O) groups is 2. The van der Waals surface area contributed by atoms with Crippen molar-refractivity contribution in [3.05, 3.63) is 54.1 Å². The fraction of sp³-hybridized carbons (Fsp3) is 0.318. The van der Waals surface area contributed by atoms with Crippen LogP contribution >= 0.6 is 12.2 Å². The number of nitrogens with one attached hydrogen (secondary N) is 3. The topological polar surface area (TPSA) is 79.5 Å². The second-order valence-electron chi connectivity index (χ2n) is 7.36. The summed E-state index contributed by atoms with van der Waals surface area (Å²) in [5, 5.41) is 8.60. The largest absolute Gasteiger partial charge is 0.493 e. The molecule has 2 aromatic carbocycles. The van der Waals surface area contributed by atoms with Gasteiger partial charge in [-0.2, -0.15) is 0 Å². The monoisotopic (exact) mass is 413 g/mol. The van der Waals surface area contributed by atoms with Crippen LogP contribution in [0.1, 0.15) is 38.1 Å². The highest BCUT2D eigenvalue weighted by Gasteiger charge is 2.10. The molecular formula is C22H27N3O3S. The number of amides is 2. The van der Waals surface area contributed by atoms with E-state index in [4.69, 9.17) is 17.0 Å². The standard InChI is InChI=1S/C22H27N3O3S/c1-14(2)13-28-19-11-5-16(6-12-19)21(27)25-22(29)24-18-9-7-17(8-10-18)23-20(26)15(3)4/h5-12,14-15H,13H2,1-4H3,(H,23,26)(H2,24,25,27,29). The second kappa shape index (κ2) is 10.6. The molecule has 0 spiro atoms. The van der Waals surface area contributed by atoms with Gasteiger partial charge in [0.1, 0.15) is 5.75 Å². The van der Waals surface area contributed by atoms with Gasteiger partial charge in [0.15, 0.2) is 5.11 Å². The first kappa shape index (κ1) is 22.4. The summed E-state index contributed by atoms with van der Waals surface area (Å²) in [6.07, 6.45) is 0. The maximum absolute atomic E-state index is 12.3. The fourth-order valence-corrected chi connectivity index (χ4v) is 2.44. The third kappa shape index (κ3) is 7.54. The minimum Gasteiger partial charge on any atom is -0.493 e. The van der Waals surface area contributed by atoms with Gasteiger partial charge in [-0.1, -0.05) is 27.7 Å². The van der Waals surface area contributed by atoms with Crippen molar-refractivity contribution >= 4 is 40.5 Å². The Kier molecular flexibility index (Phi) is 8.15. The van der Waals surface area contributed by atoms with Crippen LogP contribution < -0.4 is 20.7 Å². The molecule has 0 aliphatic carbocycles. The van der Waals surface area contributed by atoms with Crippen LogP contribution in [0.5, 0.6) is 5.75 Å². The van der Waals surface area contributed by atoms with Crippen LogP contribution in [-0.2, 0) is 4.79 Å². The van der Waals surface area contributed by atoms with E-state index in [1.165, 1.54) is 0 Å². The summed E-state index contributed by atoms with van der Waals surface area (Å²) in [5.74, 6) is 0.710. The van der Waals surface area contributed by atoms with Gasteiger partial charge in [0.2, 0.25) is 5.91 Å². The van der Waals surface area contributed by atoms with Crippen molar-refractivity contribution in [2.24, 2.45) is 11.8 Å². The van der Waals surface area contributed by atoms with Crippen molar-refractivity contribution in [1.82, 2.24) is 5.32 Å². The van der Waals surface area contributed by atoms with Gasteiger partial charge in [0, 0.05) is 22.9 Å². The Balaban J connectivity index is 1.86. The molecule has 29 heavy (non-hydrogen) atoms. The predicted molar refractivity (Wildman–Crippen MR) is 120 cm³/mol. The molecule has 0 fully saturated rings. The molecule has 0 saturated heterocycles. The minimum absolute atomic E-state index is 0.0471. The summed E-state index contributed by atoms with van der Waals surface area (Å²) in [6.45, 7) is 8.44. The molecule has 2 aromatic rings. The normalized spacial score (nSPS) is 10.6. The van der Waals surface area contributed by atoms with Gasteiger partial charge in [-0.25, -0.2) is 0 Å². The van der Waals surface area contributed by atoms with Crippen LogP contribution in [0.15, 0.2) is 48.5 Å². The van der Waals surface area contributed by atoms with Crippen molar-refractivity contribution in [3.63, 3.8) is 0 Å². The molecule has 0 radical (unpaired) electrons. The number of hydrogen-bond donors (Lipinski definition) is 3. The van der Waals surface area contributed by atoms with Crippen molar-refractivity contribution in [1.29, 1.82) is 0 Å². The lowest BCUT2D eigenvalue weighted by Crippen LogP contribution is -2.34. The average Bonchev–Trinajstić information content (AvgIpc) is 2.68. The molecule has 3 N–H and O–H groups in total. The summed E-state index contributed by atoms with van der Waals surface area (Å²) in [5.41, 5.74) is 1.89.